The van der Waals surface area contributed by atoms with E-state index in [2.05, 4.69) is 56.2 Å². The van der Waals surface area contributed by atoms with Crippen molar-refractivity contribution in [3.8, 4) is 0 Å². The van der Waals surface area contributed by atoms with E-state index in [0.717, 1.165) is 12.6 Å². The highest BCUT2D eigenvalue weighted by atomic mass is 16.5. The minimum absolute atomic E-state index is 0.0242. The first-order chi connectivity index (χ1) is 10.6. The van der Waals surface area contributed by atoms with Gasteiger partial charge in [-0.05, 0) is 60.3 Å². The summed E-state index contributed by atoms with van der Waals surface area (Å²) >= 11 is 0. The quantitative estimate of drug-likeness (QED) is 0.791. The Morgan fingerprint density at radius 3 is 1.83 bits per heavy atom. The molecule has 0 radical (unpaired) electrons. The van der Waals surface area contributed by atoms with E-state index < -0.39 is 0 Å². The number of ether oxygens (including phenoxy) is 1. The third-order valence-corrected chi connectivity index (χ3v) is 5.22. The van der Waals surface area contributed by atoms with Gasteiger partial charge in [-0.25, -0.2) is 0 Å². The van der Waals surface area contributed by atoms with Crippen LogP contribution in [0.5, 0.6) is 0 Å². The average molecular weight is 326 g/mol. The van der Waals surface area contributed by atoms with Crippen molar-refractivity contribution in [1.29, 1.82) is 0 Å². The van der Waals surface area contributed by atoms with Gasteiger partial charge < -0.3 is 9.64 Å². The lowest BCUT2D eigenvalue weighted by molar-refractivity contribution is -0.0724. The molecule has 0 aromatic rings. The number of rotatable bonds is 4. The van der Waals surface area contributed by atoms with Crippen LogP contribution in [0.25, 0.3) is 0 Å². The first-order valence-corrected chi connectivity index (χ1v) is 9.47. The van der Waals surface area contributed by atoms with Crippen molar-refractivity contribution < 1.29 is 4.74 Å². The number of likely N-dealkylation sites (tertiary alicyclic amines) is 1. The number of hydrogen-bond donors (Lipinski definition) is 0. The van der Waals surface area contributed by atoms with Gasteiger partial charge in [-0.2, -0.15) is 0 Å². The predicted molar refractivity (Wildman–Crippen MR) is 97.8 cm³/mol. The third kappa shape index (κ3) is 6.69. The highest BCUT2D eigenvalue weighted by Crippen LogP contribution is 2.21. The summed E-state index contributed by atoms with van der Waals surface area (Å²) in [5.41, 5.74) is 0.300. The Balaban J connectivity index is 1.64. The van der Waals surface area contributed by atoms with Gasteiger partial charge in [0.1, 0.15) is 0 Å². The lowest BCUT2D eigenvalue weighted by Gasteiger charge is -2.43. The van der Waals surface area contributed by atoms with Gasteiger partial charge in [0.05, 0.1) is 12.3 Å². The normalized spacial score (nSPS) is 24.3. The summed E-state index contributed by atoms with van der Waals surface area (Å²) in [5, 5.41) is 0. The Morgan fingerprint density at radius 2 is 1.35 bits per heavy atom. The zero-order valence-corrected chi connectivity index (χ0v) is 16.4. The van der Waals surface area contributed by atoms with Crippen molar-refractivity contribution >= 4 is 0 Å². The predicted octanol–water partition coefficient (Wildman–Crippen LogP) is 2.89. The number of piperazine rings is 1. The molecule has 0 spiro atoms. The second kappa shape index (κ2) is 7.81. The van der Waals surface area contributed by atoms with Crippen molar-refractivity contribution in [3.63, 3.8) is 0 Å². The van der Waals surface area contributed by atoms with Crippen LogP contribution in [-0.4, -0.2) is 78.4 Å². The molecule has 0 N–H and O–H groups in total. The lowest BCUT2D eigenvalue weighted by Crippen LogP contribution is -2.54. The van der Waals surface area contributed by atoms with E-state index in [4.69, 9.17) is 4.74 Å². The van der Waals surface area contributed by atoms with Gasteiger partial charge in [0, 0.05) is 51.4 Å². The molecule has 2 heterocycles. The topological polar surface area (TPSA) is 19.0 Å². The van der Waals surface area contributed by atoms with Gasteiger partial charge in [-0.15, -0.1) is 0 Å². The minimum atomic E-state index is -0.0242. The summed E-state index contributed by atoms with van der Waals surface area (Å²) in [5.74, 6) is 0.877. The first-order valence-electron chi connectivity index (χ1n) is 9.47. The molecule has 0 aromatic heterocycles. The van der Waals surface area contributed by atoms with Crippen LogP contribution >= 0.6 is 0 Å². The number of hydrogen-bond acceptors (Lipinski definition) is 4. The first kappa shape index (κ1) is 19.2. The fraction of sp³-hybridized carbons (Fsp3) is 1.00. The van der Waals surface area contributed by atoms with E-state index >= 15 is 0 Å². The molecule has 4 heteroatoms. The Labute approximate surface area is 144 Å². The van der Waals surface area contributed by atoms with Crippen molar-refractivity contribution in [2.45, 2.75) is 65.5 Å². The molecule has 2 aliphatic rings. The van der Waals surface area contributed by atoms with Crippen LogP contribution in [0, 0.1) is 5.92 Å². The maximum atomic E-state index is 5.91. The molecule has 0 bridgehead atoms. The molecule has 2 saturated heterocycles. The van der Waals surface area contributed by atoms with Crippen LogP contribution < -0.4 is 0 Å². The minimum Gasteiger partial charge on any atom is -0.360 e. The average Bonchev–Trinajstić information content (AvgIpc) is 2.45. The molecule has 2 aliphatic heterocycles. The van der Waals surface area contributed by atoms with Crippen LogP contribution in [0.15, 0.2) is 0 Å². The molecule has 0 aromatic carbocycles. The van der Waals surface area contributed by atoms with Crippen molar-refractivity contribution in [1.82, 2.24) is 14.7 Å². The molecule has 4 nitrogen and oxygen atoms in total. The molecule has 0 aliphatic carbocycles. The molecular weight excluding hydrogens is 286 g/mol. The summed E-state index contributed by atoms with van der Waals surface area (Å²) in [6.45, 7) is 22.8. The molecule has 2 fully saturated rings. The molecule has 0 unspecified atom stereocenters. The maximum Gasteiger partial charge on any atom is 0.0997 e. The Hall–Kier alpha value is -0.160. The van der Waals surface area contributed by atoms with Gasteiger partial charge in [0.2, 0.25) is 0 Å². The summed E-state index contributed by atoms with van der Waals surface area (Å²) in [6.07, 6.45) is 2.65. The van der Waals surface area contributed by atoms with Gasteiger partial charge in [-0.3, -0.25) is 9.80 Å². The van der Waals surface area contributed by atoms with Crippen molar-refractivity contribution in [2.24, 2.45) is 5.92 Å². The molecule has 136 valence electrons. The highest BCUT2D eigenvalue weighted by Gasteiger charge is 2.28. The summed E-state index contributed by atoms with van der Waals surface area (Å²) < 4.78 is 5.91. The van der Waals surface area contributed by atoms with Crippen molar-refractivity contribution in [3.05, 3.63) is 0 Å². The van der Waals surface area contributed by atoms with Crippen LogP contribution in [0.3, 0.4) is 0 Å². The smallest absolute Gasteiger partial charge is 0.0997 e. The number of piperidine rings is 1. The third-order valence-electron chi connectivity index (χ3n) is 5.22. The molecule has 2 rings (SSSR count). The van der Waals surface area contributed by atoms with E-state index in [1.54, 1.807) is 0 Å². The summed E-state index contributed by atoms with van der Waals surface area (Å²) in [4.78, 5) is 7.78. The van der Waals surface area contributed by atoms with Crippen molar-refractivity contribution in [2.75, 3.05) is 52.5 Å². The van der Waals surface area contributed by atoms with Gasteiger partial charge in [0.25, 0.3) is 0 Å². The SMILES string of the molecule is CC(C)(C)OCN1CCC(CN2CCN(C(C)(C)C)CC2)CC1. The number of nitrogens with zero attached hydrogens (tertiary/aromatic N) is 3. The van der Waals surface area contributed by atoms with Crippen LogP contribution in [-0.2, 0) is 4.74 Å². The maximum absolute atomic E-state index is 5.91. The van der Waals surface area contributed by atoms with Crippen LogP contribution in [0.4, 0.5) is 0 Å². The standard InChI is InChI=1S/C19H39N3O/c1-18(2,3)22-13-11-20(12-14-22)15-17-7-9-21(10-8-17)16-23-19(4,5)6/h17H,7-16H2,1-6H3. The zero-order valence-electron chi connectivity index (χ0n) is 16.4. The molecule has 0 atom stereocenters. The monoisotopic (exact) mass is 325 g/mol. The second-order valence-corrected chi connectivity index (χ2v) is 9.41. The highest BCUT2D eigenvalue weighted by molar-refractivity contribution is 4.83. The Bertz CT molecular complexity index is 343. The molecule has 0 amide bonds. The molecule has 23 heavy (non-hydrogen) atoms. The zero-order chi connectivity index (χ0) is 17.1. The van der Waals surface area contributed by atoms with Gasteiger partial charge in [0.15, 0.2) is 0 Å². The summed E-state index contributed by atoms with van der Waals surface area (Å²) in [7, 11) is 0. The van der Waals surface area contributed by atoms with Crippen LogP contribution in [0.2, 0.25) is 0 Å². The van der Waals surface area contributed by atoms with E-state index in [1.807, 2.05) is 0 Å². The summed E-state index contributed by atoms with van der Waals surface area (Å²) in [6, 6.07) is 0. The van der Waals surface area contributed by atoms with E-state index in [-0.39, 0.29) is 5.60 Å². The second-order valence-electron chi connectivity index (χ2n) is 9.41. The molecular formula is C19H39N3O. The van der Waals surface area contributed by atoms with Crippen LogP contribution in [0.1, 0.15) is 54.4 Å². The largest absolute Gasteiger partial charge is 0.360 e. The lowest BCUT2D eigenvalue weighted by atomic mass is 9.96. The van der Waals surface area contributed by atoms with E-state index in [9.17, 15) is 0 Å². The fourth-order valence-electron chi connectivity index (χ4n) is 3.55. The Kier molecular flexibility index (Phi) is 6.51. The molecule has 0 saturated carbocycles. The van der Waals surface area contributed by atoms with E-state index in [1.165, 1.54) is 58.7 Å². The Morgan fingerprint density at radius 1 is 0.783 bits per heavy atom. The van der Waals surface area contributed by atoms with Gasteiger partial charge >= 0.3 is 0 Å². The van der Waals surface area contributed by atoms with Gasteiger partial charge in [-0.1, -0.05) is 0 Å². The fourth-order valence-corrected chi connectivity index (χ4v) is 3.55. The van der Waals surface area contributed by atoms with E-state index in [0.29, 0.717) is 5.54 Å².